The maximum atomic E-state index is 4.11. The number of nitrogens with one attached hydrogen (secondary N) is 1. The molecular weight excluding hydrogens is 220 g/mol. The average Bonchev–Trinajstić information content (AvgIpc) is 2.38. The molecule has 1 aromatic heterocycles. The molecule has 1 unspecified atom stereocenters. The molecule has 0 amide bonds. The van der Waals surface area contributed by atoms with E-state index in [0.717, 1.165) is 6.54 Å². The van der Waals surface area contributed by atoms with E-state index in [9.17, 15) is 0 Å². The second kappa shape index (κ2) is 5.78. The van der Waals surface area contributed by atoms with Crippen molar-refractivity contribution in [3.63, 3.8) is 0 Å². The number of nitrogens with zero attached hydrogens (tertiary/aromatic N) is 1. The third kappa shape index (κ3) is 3.17. The summed E-state index contributed by atoms with van der Waals surface area (Å²) in [7, 11) is 0. The fraction of sp³-hybridized carbons (Fsp3) is 0.312. The van der Waals surface area contributed by atoms with Crippen LogP contribution in [-0.4, -0.2) is 4.98 Å². The summed E-state index contributed by atoms with van der Waals surface area (Å²) in [5, 5.41) is 3.55. The highest BCUT2D eigenvalue weighted by Gasteiger charge is 2.05. The van der Waals surface area contributed by atoms with Gasteiger partial charge in [0.05, 0.1) is 0 Å². The van der Waals surface area contributed by atoms with Gasteiger partial charge in [-0.15, -0.1) is 0 Å². The van der Waals surface area contributed by atoms with Crippen LogP contribution >= 0.6 is 0 Å². The molecule has 1 aromatic carbocycles. The molecule has 1 N–H and O–H groups in total. The van der Waals surface area contributed by atoms with Crippen LogP contribution in [-0.2, 0) is 6.54 Å². The van der Waals surface area contributed by atoms with Crippen LogP contribution in [0.2, 0.25) is 0 Å². The Balaban J connectivity index is 1.98. The molecule has 2 heteroatoms. The molecule has 0 bridgehead atoms. The van der Waals surface area contributed by atoms with Gasteiger partial charge in [0, 0.05) is 25.0 Å². The topological polar surface area (TPSA) is 24.9 Å². The van der Waals surface area contributed by atoms with E-state index in [0.29, 0.717) is 6.04 Å². The first-order chi connectivity index (χ1) is 8.66. The normalized spacial score (nSPS) is 12.4. The van der Waals surface area contributed by atoms with Crippen molar-refractivity contribution in [2.75, 3.05) is 0 Å². The number of benzene rings is 1. The van der Waals surface area contributed by atoms with Crippen molar-refractivity contribution in [3.8, 4) is 0 Å². The molecule has 0 aliphatic heterocycles. The lowest BCUT2D eigenvalue weighted by Crippen LogP contribution is -2.18. The molecule has 0 aliphatic rings. The average molecular weight is 240 g/mol. The van der Waals surface area contributed by atoms with Gasteiger partial charge >= 0.3 is 0 Å². The fourth-order valence-corrected chi connectivity index (χ4v) is 1.94. The van der Waals surface area contributed by atoms with E-state index < -0.39 is 0 Å². The number of aromatic nitrogens is 1. The van der Waals surface area contributed by atoms with Crippen molar-refractivity contribution >= 4 is 0 Å². The first-order valence-corrected chi connectivity index (χ1v) is 6.36. The van der Waals surface area contributed by atoms with Crippen LogP contribution in [0.3, 0.4) is 0 Å². The summed E-state index contributed by atoms with van der Waals surface area (Å²) in [4.78, 5) is 4.11. The molecule has 0 radical (unpaired) electrons. The minimum Gasteiger partial charge on any atom is -0.306 e. The highest BCUT2D eigenvalue weighted by atomic mass is 14.9. The van der Waals surface area contributed by atoms with Crippen LogP contribution in [0.5, 0.6) is 0 Å². The minimum absolute atomic E-state index is 0.359. The van der Waals surface area contributed by atoms with Crippen LogP contribution in [0.4, 0.5) is 0 Å². The molecule has 18 heavy (non-hydrogen) atoms. The molecule has 0 aliphatic carbocycles. The number of aryl methyl sites for hydroxylation is 2. The van der Waals surface area contributed by atoms with Gasteiger partial charge in [-0.2, -0.15) is 0 Å². The second-order valence-corrected chi connectivity index (χ2v) is 4.82. The zero-order valence-corrected chi connectivity index (χ0v) is 11.3. The van der Waals surface area contributed by atoms with Crippen LogP contribution in [0.25, 0.3) is 0 Å². The maximum Gasteiger partial charge on any atom is 0.0300 e. The summed E-state index contributed by atoms with van der Waals surface area (Å²) in [6.45, 7) is 7.29. The van der Waals surface area contributed by atoms with Crippen molar-refractivity contribution in [3.05, 3.63) is 65.0 Å². The fourth-order valence-electron chi connectivity index (χ4n) is 1.94. The monoisotopic (exact) mass is 240 g/mol. The van der Waals surface area contributed by atoms with Gasteiger partial charge in [0.15, 0.2) is 0 Å². The molecule has 0 fully saturated rings. The quantitative estimate of drug-likeness (QED) is 0.884. The Kier molecular flexibility index (Phi) is 4.11. The summed E-state index contributed by atoms with van der Waals surface area (Å²) in [5.41, 5.74) is 5.17. The van der Waals surface area contributed by atoms with E-state index in [1.807, 2.05) is 12.4 Å². The molecule has 0 saturated heterocycles. The van der Waals surface area contributed by atoms with Crippen LogP contribution < -0.4 is 5.32 Å². The number of pyridine rings is 1. The van der Waals surface area contributed by atoms with Gasteiger partial charge in [0.2, 0.25) is 0 Å². The second-order valence-electron chi connectivity index (χ2n) is 4.82. The van der Waals surface area contributed by atoms with E-state index in [1.54, 1.807) is 0 Å². The summed E-state index contributed by atoms with van der Waals surface area (Å²) in [6.07, 6.45) is 3.76. The van der Waals surface area contributed by atoms with Gasteiger partial charge in [0.1, 0.15) is 0 Å². The Hall–Kier alpha value is -1.67. The lowest BCUT2D eigenvalue weighted by Gasteiger charge is -2.15. The van der Waals surface area contributed by atoms with Gasteiger partial charge < -0.3 is 5.32 Å². The highest BCUT2D eigenvalue weighted by Crippen LogP contribution is 2.14. The molecule has 94 valence electrons. The number of hydrogen-bond acceptors (Lipinski definition) is 2. The zero-order valence-electron chi connectivity index (χ0n) is 11.3. The summed E-state index contributed by atoms with van der Waals surface area (Å²) in [5.74, 6) is 0. The molecule has 1 heterocycles. The Morgan fingerprint density at radius 2 is 1.83 bits per heavy atom. The van der Waals surface area contributed by atoms with Crippen LogP contribution in [0.1, 0.15) is 35.2 Å². The summed E-state index contributed by atoms with van der Waals surface area (Å²) in [6, 6.07) is 11.1. The van der Waals surface area contributed by atoms with Gasteiger partial charge in [-0.05, 0) is 43.5 Å². The predicted octanol–water partition coefficient (Wildman–Crippen LogP) is 3.55. The predicted molar refractivity (Wildman–Crippen MR) is 75.4 cm³/mol. The largest absolute Gasteiger partial charge is 0.306 e. The van der Waals surface area contributed by atoms with E-state index >= 15 is 0 Å². The third-order valence-electron chi connectivity index (χ3n) is 3.31. The van der Waals surface area contributed by atoms with Crippen LogP contribution in [0.15, 0.2) is 42.7 Å². The van der Waals surface area contributed by atoms with Gasteiger partial charge in [-0.25, -0.2) is 0 Å². The van der Waals surface area contributed by atoms with Crippen molar-refractivity contribution in [2.45, 2.75) is 33.4 Å². The molecule has 2 aromatic rings. The molecular formula is C16H20N2. The molecule has 1 atom stereocenters. The smallest absolute Gasteiger partial charge is 0.0300 e. The standard InChI is InChI=1S/C16H20N2/c1-12-4-6-15(7-5-12)14(3)18-11-16-8-9-17-10-13(16)2/h4-10,14,18H,11H2,1-3H3. The SMILES string of the molecule is Cc1ccc(C(C)NCc2ccncc2C)cc1. The Morgan fingerprint density at radius 3 is 2.50 bits per heavy atom. The molecule has 0 spiro atoms. The molecule has 0 saturated carbocycles. The van der Waals surface area contributed by atoms with E-state index in [-0.39, 0.29) is 0 Å². The Morgan fingerprint density at radius 1 is 1.11 bits per heavy atom. The lowest BCUT2D eigenvalue weighted by atomic mass is 10.1. The zero-order chi connectivity index (χ0) is 13.0. The van der Waals surface area contributed by atoms with Gasteiger partial charge in [-0.3, -0.25) is 4.98 Å². The van der Waals surface area contributed by atoms with Crippen molar-refractivity contribution in [1.29, 1.82) is 0 Å². The maximum absolute atomic E-state index is 4.11. The summed E-state index contributed by atoms with van der Waals surface area (Å²) >= 11 is 0. The third-order valence-corrected chi connectivity index (χ3v) is 3.31. The summed E-state index contributed by atoms with van der Waals surface area (Å²) < 4.78 is 0. The highest BCUT2D eigenvalue weighted by molar-refractivity contribution is 5.25. The van der Waals surface area contributed by atoms with E-state index in [2.05, 4.69) is 61.4 Å². The Labute approximate surface area is 109 Å². The lowest BCUT2D eigenvalue weighted by molar-refractivity contribution is 0.573. The van der Waals surface area contributed by atoms with E-state index in [1.165, 1.54) is 22.3 Å². The first kappa shape index (κ1) is 12.8. The van der Waals surface area contributed by atoms with Crippen LogP contribution in [0, 0.1) is 13.8 Å². The molecule has 2 nitrogen and oxygen atoms in total. The van der Waals surface area contributed by atoms with Gasteiger partial charge in [0.25, 0.3) is 0 Å². The minimum atomic E-state index is 0.359. The van der Waals surface area contributed by atoms with E-state index in [4.69, 9.17) is 0 Å². The van der Waals surface area contributed by atoms with Crippen molar-refractivity contribution < 1.29 is 0 Å². The first-order valence-electron chi connectivity index (χ1n) is 6.36. The van der Waals surface area contributed by atoms with Crippen molar-refractivity contribution in [1.82, 2.24) is 10.3 Å². The van der Waals surface area contributed by atoms with Crippen molar-refractivity contribution in [2.24, 2.45) is 0 Å². The Bertz CT molecular complexity index is 503. The number of rotatable bonds is 4. The molecule has 2 rings (SSSR count). The van der Waals surface area contributed by atoms with Gasteiger partial charge in [-0.1, -0.05) is 29.8 Å². The number of hydrogen-bond donors (Lipinski definition) is 1.